The number of hydrazine groups is 1. The van der Waals surface area contributed by atoms with Crippen molar-refractivity contribution in [1.29, 1.82) is 0 Å². The van der Waals surface area contributed by atoms with Crippen LogP contribution in [0, 0.1) is 6.92 Å². The number of thioether (sulfide) groups is 1. The summed E-state index contributed by atoms with van der Waals surface area (Å²) in [5.41, 5.74) is 3.05. The van der Waals surface area contributed by atoms with Gasteiger partial charge in [0.05, 0.1) is 5.75 Å². The highest BCUT2D eigenvalue weighted by atomic mass is 32.2. The van der Waals surface area contributed by atoms with Gasteiger partial charge in [0.15, 0.2) is 0 Å². The Morgan fingerprint density at radius 3 is 3.00 bits per heavy atom. The molecule has 1 amide bonds. The molecule has 0 atom stereocenters. The Morgan fingerprint density at radius 2 is 2.38 bits per heavy atom. The average Bonchev–Trinajstić information content (AvgIpc) is 3.09. The van der Waals surface area contributed by atoms with Crippen LogP contribution in [0.15, 0.2) is 11.1 Å². The Bertz CT molecular complexity index is 406. The molecule has 0 radical (unpaired) electrons. The summed E-state index contributed by atoms with van der Waals surface area (Å²) < 4.78 is 0. The number of hydrogen-bond donors (Lipinski definition) is 2. The first-order chi connectivity index (χ1) is 7.69. The standard InChI is InChI=1S/C10H14N4OS/c1-6-4-9(16-5-8(15)14-11)13-10(12-6)7-2-3-7/h4,7H,2-3,5,11H2,1H3,(H,14,15). The van der Waals surface area contributed by atoms with E-state index in [1.807, 2.05) is 13.0 Å². The molecule has 16 heavy (non-hydrogen) atoms. The molecule has 1 aliphatic rings. The van der Waals surface area contributed by atoms with Crippen molar-refractivity contribution in [3.8, 4) is 0 Å². The highest BCUT2D eigenvalue weighted by molar-refractivity contribution is 7.99. The van der Waals surface area contributed by atoms with E-state index in [0.717, 1.165) is 16.5 Å². The van der Waals surface area contributed by atoms with Gasteiger partial charge in [0.2, 0.25) is 5.91 Å². The molecule has 5 nitrogen and oxygen atoms in total. The quantitative estimate of drug-likeness (QED) is 0.266. The minimum atomic E-state index is -0.200. The van der Waals surface area contributed by atoms with Crippen LogP contribution in [-0.2, 0) is 4.79 Å². The van der Waals surface area contributed by atoms with Crippen molar-refractivity contribution in [2.24, 2.45) is 5.84 Å². The summed E-state index contributed by atoms with van der Waals surface area (Å²) in [4.78, 5) is 19.8. The van der Waals surface area contributed by atoms with Crippen molar-refractivity contribution in [1.82, 2.24) is 15.4 Å². The first-order valence-electron chi connectivity index (χ1n) is 5.17. The predicted octanol–water partition coefficient (Wildman–Crippen LogP) is 0.744. The highest BCUT2D eigenvalue weighted by Crippen LogP contribution is 2.38. The minimum Gasteiger partial charge on any atom is -0.294 e. The van der Waals surface area contributed by atoms with Crippen LogP contribution in [0.2, 0.25) is 0 Å². The lowest BCUT2D eigenvalue weighted by atomic mass is 10.3. The third kappa shape index (κ3) is 2.93. The molecule has 0 spiro atoms. The van der Waals surface area contributed by atoms with Crippen LogP contribution in [0.3, 0.4) is 0 Å². The first kappa shape index (κ1) is 11.3. The van der Waals surface area contributed by atoms with Gasteiger partial charge in [-0.05, 0) is 25.8 Å². The van der Waals surface area contributed by atoms with Crippen molar-refractivity contribution >= 4 is 17.7 Å². The summed E-state index contributed by atoms with van der Waals surface area (Å²) in [5, 5.41) is 0.845. The Kier molecular flexibility index (Phi) is 3.40. The lowest BCUT2D eigenvalue weighted by molar-refractivity contribution is -0.118. The first-order valence-corrected chi connectivity index (χ1v) is 6.15. The van der Waals surface area contributed by atoms with E-state index >= 15 is 0 Å². The van der Waals surface area contributed by atoms with Crippen molar-refractivity contribution < 1.29 is 4.79 Å². The summed E-state index contributed by atoms with van der Waals surface area (Å²) in [7, 11) is 0. The topological polar surface area (TPSA) is 80.9 Å². The zero-order chi connectivity index (χ0) is 11.5. The van der Waals surface area contributed by atoms with Gasteiger partial charge in [-0.25, -0.2) is 15.8 Å². The van der Waals surface area contributed by atoms with Crippen LogP contribution < -0.4 is 11.3 Å². The normalized spacial score (nSPS) is 14.9. The number of amides is 1. The Balaban J connectivity index is 2.05. The SMILES string of the molecule is Cc1cc(SCC(=O)NN)nc(C2CC2)n1. The van der Waals surface area contributed by atoms with Crippen LogP contribution in [0.1, 0.15) is 30.3 Å². The van der Waals surface area contributed by atoms with Gasteiger partial charge in [0.1, 0.15) is 10.9 Å². The van der Waals surface area contributed by atoms with E-state index < -0.39 is 0 Å². The fourth-order valence-electron chi connectivity index (χ4n) is 1.34. The Labute approximate surface area is 98.2 Å². The fraction of sp³-hybridized carbons (Fsp3) is 0.500. The monoisotopic (exact) mass is 238 g/mol. The average molecular weight is 238 g/mol. The molecule has 6 heteroatoms. The highest BCUT2D eigenvalue weighted by Gasteiger charge is 2.27. The van der Waals surface area contributed by atoms with Crippen LogP contribution in [0.5, 0.6) is 0 Å². The molecule has 0 saturated heterocycles. The van der Waals surface area contributed by atoms with Gasteiger partial charge in [-0.2, -0.15) is 0 Å². The van der Waals surface area contributed by atoms with E-state index in [2.05, 4.69) is 15.4 Å². The molecule has 0 aromatic carbocycles. The number of nitrogens with one attached hydrogen (secondary N) is 1. The van der Waals surface area contributed by atoms with E-state index in [0.29, 0.717) is 5.92 Å². The number of nitrogens with zero attached hydrogens (tertiary/aromatic N) is 2. The van der Waals surface area contributed by atoms with Crippen molar-refractivity contribution in [3.63, 3.8) is 0 Å². The number of carbonyl (C=O) groups is 1. The molecule has 1 heterocycles. The minimum absolute atomic E-state index is 0.200. The third-order valence-corrected chi connectivity index (χ3v) is 3.21. The van der Waals surface area contributed by atoms with Gasteiger partial charge >= 0.3 is 0 Å². The van der Waals surface area contributed by atoms with E-state index in [-0.39, 0.29) is 11.7 Å². The van der Waals surface area contributed by atoms with Gasteiger partial charge in [0, 0.05) is 11.6 Å². The summed E-state index contributed by atoms with van der Waals surface area (Å²) in [6.45, 7) is 1.95. The molecule has 86 valence electrons. The maximum Gasteiger partial charge on any atom is 0.244 e. The fourth-order valence-corrected chi connectivity index (χ4v) is 2.12. The van der Waals surface area contributed by atoms with Gasteiger partial charge in [-0.1, -0.05) is 11.8 Å². The Hall–Kier alpha value is -1.14. The van der Waals surface area contributed by atoms with Crippen molar-refractivity contribution in [2.45, 2.75) is 30.7 Å². The maximum absolute atomic E-state index is 11.0. The number of carbonyl (C=O) groups excluding carboxylic acids is 1. The van der Waals surface area contributed by atoms with Gasteiger partial charge in [-0.15, -0.1) is 0 Å². The van der Waals surface area contributed by atoms with E-state index in [1.54, 1.807) is 0 Å². The largest absolute Gasteiger partial charge is 0.294 e. The second-order valence-electron chi connectivity index (χ2n) is 3.84. The molecule has 3 N–H and O–H groups in total. The number of nitrogens with two attached hydrogens (primary N) is 1. The molecule has 1 fully saturated rings. The lowest BCUT2D eigenvalue weighted by Gasteiger charge is -2.04. The van der Waals surface area contributed by atoms with Gasteiger partial charge in [-0.3, -0.25) is 10.2 Å². The van der Waals surface area contributed by atoms with Crippen LogP contribution >= 0.6 is 11.8 Å². The maximum atomic E-state index is 11.0. The van der Waals surface area contributed by atoms with Gasteiger partial charge in [0.25, 0.3) is 0 Å². The number of rotatable bonds is 4. The molecule has 1 aromatic rings. The van der Waals surface area contributed by atoms with Crippen LogP contribution in [0.25, 0.3) is 0 Å². The smallest absolute Gasteiger partial charge is 0.244 e. The zero-order valence-electron chi connectivity index (χ0n) is 9.06. The summed E-state index contributed by atoms with van der Waals surface area (Å²) >= 11 is 1.38. The van der Waals surface area contributed by atoms with Crippen molar-refractivity contribution in [3.05, 3.63) is 17.6 Å². The Morgan fingerprint density at radius 1 is 1.62 bits per heavy atom. The summed E-state index contributed by atoms with van der Waals surface area (Å²) in [5.74, 6) is 6.54. The second-order valence-corrected chi connectivity index (χ2v) is 4.83. The molecule has 2 rings (SSSR count). The molecular formula is C10H14N4OS. The lowest BCUT2D eigenvalue weighted by Crippen LogP contribution is -2.31. The molecule has 1 aliphatic carbocycles. The zero-order valence-corrected chi connectivity index (χ0v) is 9.88. The predicted molar refractivity (Wildman–Crippen MR) is 61.8 cm³/mol. The van der Waals surface area contributed by atoms with Gasteiger partial charge < -0.3 is 0 Å². The summed E-state index contributed by atoms with van der Waals surface area (Å²) in [6.07, 6.45) is 2.35. The second kappa shape index (κ2) is 4.80. The molecule has 0 aliphatic heterocycles. The van der Waals surface area contributed by atoms with Crippen molar-refractivity contribution in [2.75, 3.05) is 5.75 Å². The number of aromatic nitrogens is 2. The van der Waals surface area contributed by atoms with Crippen LogP contribution in [0.4, 0.5) is 0 Å². The summed E-state index contributed by atoms with van der Waals surface area (Å²) in [6, 6.07) is 1.89. The molecule has 1 saturated carbocycles. The van der Waals surface area contributed by atoms with E-state index in [9.17, 15) is 4.79 Å². The molecular weight excluding hydrogens is 224 g/mol. The third-order valence-electron chi connectivity index (χ3n) is 2.30. The number of aryl methyl sites for hydroxylation is 1. The molecule has 0 bridgehead atoms. The van der Waals surface area contributed by atoms with Crippen LogP contribution in [-0.4, -0.2) is 21.6 Å². The number of hydrogen-bond acceptors (Lipinski definition) is 5. The van der Waals surface area contributed by atoms with E-state index in [1.165, 1.54) is 24.6 Å². The molecule has 1 aromatic heterocycles. The molecule has 0 unspecified atom stereocenters. The van der Waals surface area contributed by atoms with E-state index in [4.69, 9.17) is 5.84 Å².